The Morgan fingerprint density at radius 1 is 1.62 bits per heavy atom. The third-order valence-corrected chi connectivity index (χ3v) is 1.99. The lowest BCUT2D eigenvalue weighted by molar-refractivity contribution is -0.117. The van der Waals surface area contributed by atoms with Crippen molar-refractivity contribution in [2.45, 2.75) is 12.5 Å². The van der Waals surface area contributed by atoms with E-state index in [2.05, 4.69) is 15.5 Å². The molecule has 1 aliphatic rings. The lowest BCUT2D eigenvalue weighted by Crippen LogP contribution is -2.30. The highest BCUT2D eigenvalue weighted by Crippen LogP contribution is 2.15. The summed E-state index contributed by atoms with van der Waals surface area (Å²) in [5, 5.41) is 10.8. The molecule has 2 N–H and O–H groups in total. The normalized spacial score (nSPS) is 22.8. The standard InChI is InChI=1S/C6H10N6O/c1-11-6(8-9-10-11)12-3-4(7)2-5(12)13/h4H,2-3,7H2,1H3. The lowest BCUT2D eigenvalue weighted by atomic mass is 10.3. The minimum atomic E-state index is -0.107. The Kier molecular flexibility index (Phi) is 1.73. The number of rotatable bonds is 1. The van der Waals surface area contributed by atoms with Crippen molar-refractivity contribution in [2.75, 3.05) is 11.4 Å². The fourth-order valence-corrected chi connectivity index (χ4v) is 1.38. The maximum Gasteiger partial charge on any atom is 0.252 e. The number of aromatic nitrogens is 4. The number of amides is 1. The minimum Gasteiger partial charge on any atom is -0.326 e. The maximum absolute atomic E-state index is 11.4. The van der Waals surface area contributed by atoms with Gasteiger partial charge in [0.15, 0.2) is 0 Å². The number of hydrogen-bond acceptors (Lipinski definition) is 5. The van der Waals surface area contributed by atoms with E-state index >= 15 is 0 Å². The van der Waals surface area contributed by atoms with E-state index in [4.69, 9.17) is 5.73 Å². The van der Waals surface area contributed by atoms with Crippen molar-refractivity contribution in [2.24, 2.45) is 12.8 Å². The number of carbonyl (C=O) groups is 1. The largest absolute Gasteiger partial charge is 0.326 e. The fraction of sp³-hybridized carbons (Fsp3) is 0.667. The molecule has 0 bridgehead atoms. The number of aryl methyl sites for hydroxylation is 1. The summed E-state index contributed by atoms with van der Waals surface area (Å²) in [4.78, 5) is 12.9. The zero-order valence-corrected chi connectivity index (χ0v) is 7.21. The predicted molar refractivity (Wildman–Crippen MR) is 43.7 cm³/mol. The molecule has 7 nitrogen and oxygen atoms in total. The topological polar surface area (TPSA) is 89.9 Å². The van der Waals surface area contributed by atoms with Crippen LogP contribution in [0.2, 0.25) is 0 Å². The third kappa shape index (κ3) is 1.26. The molecule has 0 aliphatic carbocycles. The molecule has 1 aromatic heterocycles. The average molecular weight is 182 g/mol. The Morgan fingerprint density at radius 2 is 2.38 bits per heavy atom. The van der Waals surface area contributed by atoms with Crippen LogP contribution in [-0.4, -0.2) is 38.7 Å². The van der Waals surface area contributed by atoms with E-state index in [9.17, 15) is 4.79 Å². The first-order valence-corrected chi connectivity index (χ1v) is 3.97. The van der Waals surface area contributed by atoms with E-state index < -0.39 is 0 Å². The summed E-state index contributed by atoms with van der Waals surface area (Å²) in [6.45, 7) is 0.493. The Morgan fingerprint density at radius 3 is 2.85 bits per heavy atom. The Bertz CT molecular complexity index is 334. The van der Waals surface area contributed by atoms with Gasteiger partial charge in [0.05, 0.1) is 0 Å². The summed E-state index contributed by atoms with van der Waals surface area (Å²) in [7, 11) is 1.69. The quantitative estimate of drug-likeness (QED) is 0.557. The number of nitrogens with two attached hydrogens (primary N) is 1. The number of anilines is 1. The number of tetrazole rings is 1. The van der Waals surface area contributed by atoms with E-state index in [1.54, 1.807) is 7.05 Å². The van der Waals surface area contributed by atoms with Crippen LogP contribution in [0.4, 0.5) is 5.95 Å². The lowest BCUT2D eigenvalue weighted by Gasteiger charge is -2.12. The molecule has 1 saturated heterocycles. The van der Waals surface area contributed by atoms with Crippen LogP contribution in [0.1, 0.15) is 6.42 Å². The van der Waals surface area contributed by atoms with Crippen LogP contribution >= 0.6 is 0 Å². The van der Waals surface area contributed by atoms with Gasteiger partial charge in [0.1, 0.15) is 0 Å². The third-order valence-electron chi connectivity index (χ3n) is 1.99. The molecule has 70 valence electrons. The van der Waals surface area contributed by atoms with Crippen molar-refractivity contribution < 1.29 is 4.79 Å². The maximum atomic E-state index is 11.4. The van der Waals surface area contributed by atoms with Gasteiger partial charge in [0.25, 0.3) is 5.95 Å². The van der Waals surface area contributed by atoms with Gasteiger partial charge in [0.2, 0.25) is 5.91 Å². The van der Waals surface area contributed by atoms with Gasteiger partial charge in [-0.1, -0.05) is 5.10 Å². The molecule has 0 radical (unpaired) electrons. The zero-order valence-electron chi connectivity index (χ0n) is 7.21. The summed E-state index contributed by atoms with van der Waals surface area (Å²) in [6.07, 6.45) is 0.368. The van der Waals surface area contributed by atoms with Crippen molar-refractivity contribution in [1.29, 1.82) is 0 Å². The van der Waals surface area contributed by atoms with Gasteiger partial charge in [-0.2, -0.15) is 0 Å². The van der Waals surface area contributed by atoms with Gasteiger partial charge in [-0.05, 0) is 10.4 Å². The van der Waals surface area contributed by atoms with Gasteiger partial charge < -0.3 is 5.73 Å². The molecule has 1 atom stereocenters. The summed E-state index contributed by atoms with van der Waals surface area (Å²) in [5.74, 6) is 0.434. The molecule has 1 amide bonds. The summed E-state index contributed by atoms with van der Waals surface area (Å²) in [5.41, 5.74) is 5.63. The molecule has 7 heteroatoms. The van der Waals surface area contributed by atoms with Crippen molar-refractivity contribution in [1.82, 2.24) is 20.2 Å². The molecule has 0 spiro atoms. The highest BCUT2D eigenvalue weighted by Gasteiger charge is 2.30. The van der Waals surface area contributed by atoms with Gasteiger partial charge in [-0.3, -0.25) is 9.69 Å². The number of hydrogen-bond donors (Lipinski definition) is 1. The van der Waals surface area contributed by atoms with Crippen molar-refractivity contribution in [3.8, 4) is 0 Å². The Hall–Kier alpha value is -1.50. The van der Waals surface area contributed by atoms with Gasteiger partial charge in [-0.25, -0.2) is 4.68 Å². The second kappa shape index (κ2) is 2.77. The minimum absolute atomic E-state index is 0.0228. The first-order chi connectivity index (χ1) is 6.18. The molecule has 1 aliphatic heterocycles. The van der Waals surface area contributed by atoms with Crippen molar-refractivity contribution in [3.05, 3.63) is 0 Å². The SMILES string of the molecule is Cn1nnnc1N1CC(N)CC1=O. The van der Waals surface area contributed by atoms with Crippen LogP contribution in [0.5, 0.6) is 0 Å². The van der Waals surface area contributed by atoms with Crippen LogP contribution in [0.25, 0.3) is 0 Å². The average Bonchev–Trinajstić information content (AvgIpc) is 2.58. The van der Waals surface area contributed by atoms with Gasteiger partial charge >= 0.3 is 0 Å². The molecule has 2 heterocycles. The van der Waals surface area contributed by atoms with Crippen molar-refractivity contribution >= 4 is 11.9 Å². The zero-order chi connectivity index (χ0) is 9.42. The predicted octanol–water partition coefficient (Wildman–Crippen LogP) is -1.73. The summed E-state index contributed by atoms with van der Waals surface area (Å²) < 4.78 is 1.45. The molecule has 0 aromatic carbocycles. The van der Waals surface area contributed by atoms with Crippen LogP contribution < -0.4 is 10.6 Å². The fourth-order valence-electron chi connectivity index (χ4n) is 1.38. The molecule has 1 aromatic rings. The van der Waals surface area contributed by atoms with Crippen LogP contribution in [0, 0.1) is 0 Å². The second-order valence-electron chi connectivity index (χ2n) is 3.07. The summed E-state index contributed by atoms with van der Waals surface area (Å²) >= 11 is 0. The van der Waals surface area contributed by atoms with Crippen LogP contribution in [0.3, 0.4) is 0 Å². The Labute approximate surface area is 74.5 Å². The van der Waals surface area contributed by atoms with E-state index in [1.165, 1.54) is 9.58 Å². The monoisotopic (exact) mass is 182 g/mol. The van der Waals surface area contributed by atoms with Crippen LogP contribution in [-0.2, 0) is 11.8 Å². The van der Waals surface area contributed by atoms with E-state index in [1.807, 2.05) is 0 Å². The first kappa shape index (κ1) is 8.11. The second-order valence-corrected chi connectivity index (χ2v) is 3.07. The van der Waals surface area contributed by atoms with E-state index in [0.29, 0.717) is 18.9 Å². The highest BCUT2D eigenvalue weighted by atomic mass is 16.2. The molecule has 1 unspecified atom stereocenters. The molecule has 13 heavy (non-hydrogen) atoms. The van der Waals surface area contributed by atoms with Crippen LogP contribution in [0.15, 0.2) is 0 Å². The number of nitrogens with zero attached hydrogens (tertiary/aromatic N) is 5. The van der Waals surface area contributed by atoms with E-state index in [-0.39, 0.29) is 11.9 Å². The smallest absolute Gasteiger partial charge is 0.252 e. The summed E-state index contributed by atoms with van der Waals surface area (Å²) in [6, 6.07) is -0.107. The molecular weight excluding hydrogens is 172 g/mol. The highest BCUT2D eigenvalue weighted by molar-refractivity contribution is 5.94. The molecular formula is C6H10N6O. The molecule has 1 fully saturated rings. The van der Waals surface area contributed by atoms with Crippen molar-refractivity contribution in [3.63, 3.8) is 0 Å². The Balaban J connectivity index is 2.27. The number of carbonyl (C=O) groups excluding carboxylic acids is 1. The molecule has 2 rings (SSSR count). The van der Waals surface area contributed by atoms with E-state index in [0.717, 1.165) is 0 Å². The van der Waals surface area contributed by atoms with Gasteiger partial charge in [0, 0.05) is 26.1 Å². The van der Waals surface area contributed by atoms with Gasteiger partial charge in [-0.15, -0.1) is 0 Å². The molecule has 0 saturated carbocycles. The first-order valence-electron chi connectivity index (χ1n) is 3.97.